The molecule has 0 unspecified atom stereocenters. The van der Waals surface area contributed by atoms with Gasteiger partial charge in [-0.05, 0) is 42.3 Å². The predicted octanol–water partition coefficient (Wildman–Crippen LogP) is 4.07. The molecule has 0 aliphatic heterocycles. The number of hydrogen-bond acceptors (Lipinski definition) is 5. The van der Waals surface area contributed by atoms with Crippen molar-refractivity contribution in [2.75, 3.05) is 5.32 Å². The normalized spacial score (nSPS) is 10.6. The van der Waals surface area contributed by atoms with Gasteiger partial charge in [0.05, 0.1) is 0 Å². The number of hydrogen-bond donors (Lipinski definition) is 2. The molecule has 2 N–H and O–H groups in total. The van der Waals surface area contributed by atoms with Crippen LogP contribution in [0.4, 0.5) is 11.6 Å². The van der Waals surface area contributed by atoms with Crippen LogP contribution >= 0.6 is 23.1 Å². The molecule has 0 saturated carbocycles. The van der Waals surface area contributed by atoms with Crippen molar-refractivity contribution in [1.29, 1.82) is 0 Å². The van der Waals surface area contributed by atoms with Crippen LogP contribution in [0.15, 0.2) is 51.1 Å². The van der Waals surface area contributed by atoms with Crippen molar-refractivity contribution in [3.63, 3.8) is 0 Å². The molecule has 3 rings (SSSR count). The van der Waals surface area contributed by atoms with Gasteiger partial charge in [-0.25, -0.2) is 5.10 Å². The Morgan fingerprint density at radius 2 is 2.05 bits per heavy atom. The zero-order valence-electron chi connectivity index (χ0n) is 10.3. The van der Waals surface area contributed by atoms with Crippen molar-refractivity contribution in [2.45, 2.75) is 17.0 Å². The van der Waals surface area contributed by atoms with Crippen molar-refractivity contribution < 1.29 is 0 Å². The number of H-pyrrole nitrogens is 1. The predicted molar refractivity (Wildman–Crippen MR) is 79.3 cm³/mol. The fourth-order valence-electron chi connectivity index (χ4n) is 1.54. The quantitative estimate of drug-likeness (QED) is 0.760. The van der Waals surface area contributed by atoms with E-state index in [-0.39, 0.29) is 0 Å². The topological polar surface area (TPSA) is 53.6 Å². The maximum atomic E-state index is 4.39. The number of nitrogens with one attached hydrogen (secondary N) is 2. The second-order valence-corrected chi connectivity index (χ2v) is 5.84. The van der Waals surface area contributed by atoms with Gasteiger partial charge >= 0.3 is 0 Å². The van der Waals surface area contributed by atoms with Crippen molar-refractivity contribution in [2.24, 2.45) is 0 Å². The molecule has 3 aromatic rings. The standard InChI is InChI=1S/C13H12N4S2/c1-9-2-4-10(5-3-9)14-12-15-13(17-16-12)19-11-6-7-18-8-11/h2-8H,1H3,(H2,14,15,16,17). The van der Waals surface area contributed by atoms with E-state index in [2.05, 4.69) is 51.0 Å². The van der Waals surface area contributed by atoms with Gasteiger partial charge in [0.25, 0.3) is 0 Å². The SMILES string of the molecule is Cc1ccc(Nc2nc(Sc3ccsc3)n[nH]2)cc1. The number of thiophene rings is 1. The third-order valence-corrected chi connectivity index (χ3v) is 4.17. The average molecular weight is 288 g/mol. The molecule has 2 heterocycles. The molecule has 6 heteroatoms. The Bertz CT molecular complexity index is 644. The van der Waals surface area contributed by atoms with E-state index < -0.39 is 0 Å². The highest BCUT2D eigenvalue weighted by Crippen LogP contribution is 2.27. The van der Waals surface area contributed by atoms with Gasteiger partial charge in [0.2, 0.25) is 11.1 Å². The Hall–Kier alpha value is -1.79. The highest BCUT2D eigenvalue weighted by molar-refractivity contribution is 7.99. The summed E-state index contributed by atoms with van der Waals surface area (Å²) in [7, 11) is 0. The van der Waals surface area contributed by atoms with Crippen LogP contribution < -0.4 is 5.32 Å². The molecule has 0 bridgehead atoms. The Labute approximate surface area is 119 Å². The molecule has 0 atom stereocenters. The minimum Gasteiger partial charge on any atom is -0.325 e. The summed E-state index contributed by atoms with van der Waals surface area (Å²) in [5.74, 6) is 0.654. The molecule has 0 aliphatic carbocycles. The largest absolute Gasteiger partial charge is 0.325 e. The number of aryl methyl sites for hydroxylation is 1. The molecule has 0 radical (unpaired) electrons. The summed E-state index contributed by atoms with van der Waals surface area (Å²) in [5.41, 5.74) is 2.23. The van der Waals surface area contributed by atoms with Gasteiger partial charge in [-0.15, -0.1) is 5.10 Å². The lowest BCUT2D eigenvalue weighted by Crippen LogP contribution is -1.92. The third kappa shape index (κ3) is 3.15. The van der Waals surface area contributed by atoms with E-state index >= 15 is 0 Å². The summed E-state index contributed by atoms with van der Waals surface area (Å²) >= 11 is 3.21. The Morgan fingerprint density at radius 1 is 1.21 bits per heavy atom. The number of rotatable bonds is 4. The lowest BCUT2D eigenvalue weighted by atomic mass is 10.2. The van der Waals surface area contributed by atoms with Crippen molar-refractivity contribution in [3.8, 4) is 0 Å². The van der Waals surface area contributed by atoms with Gasteiger partial charge in [-0.1, -0.05) is 17.7 Å². The van der Waals surface area contributed by atoms with Crippen molar-refractivity contribution in [1.82, 2.24) is 15.2 Å². The zero-order chi connectivity index (χ0) is 13.1. The second kappa shape index (κ2) is 5.46. The van der Waals surface area contributed by atoms with E-state index in [0.29, 0.717) is 11.1 Å². The molecule has 0 amide bonds. The molecule has 4 nitrogen and oxygen atoms in total. The Kier molecular flexibility index (Phi) is 3.52. The smallest absolute Gasteiger partial charge is 0.223 e. The van der Waals surface area contributed by atoms with Crippen LogP contribution in [-0.2, 0) is 0 Å². The monoisotopic (exact) mass is 288 g/mol. The van der Waals surface area contributed by atoms with Crippen LogP contribution in [0, 0.1) is 6.92 Å². The first-order valence-corrected chi connectivity index (χ1v) is 7.52. The summed E-state index contributed by atoms with van der Waals surface area (Å²) in [6.07, 6.45) is 0. The maximum Gasteiger partial charge on any atom is 0.223 e. The lowest BCUT2D eigenvalue weighted by molar-refractivity contribution is 0.974. The maximum absolute atomic E-state index is 4.39. The summed E-state index contributed by atoms with van der Waals surface area (Å²) in [6.45, 7) is 2.06. The minimum absolute atomic E-state index is 0.654. The van der Waals surface area contributed by atoms with E-state index in [4.69, 9.17) is 0 Å². The van der Waals surface area contributed by atoms with E-state index in [1.807, 2.05) is 17.5 Å². The van der Waals surface area contributed by atoms with E-state index in [0.717, 1.165) is 10.6 Å². The van der Waals surface area contributed by atoms with Crippen molar-refractivity contribution in [3.05, 3.63) is 46.7 Å². The Balaban J connectivity index is 1.69. The van der Waals surface area contributed by atoms with Crippen LogP contribution in [-0.4, -0.2) is 15.2 Å². The number of nitrogens with zero attached hydrogens (tertiary/aromatic N) is 2. The fraction of sp³-hybridized carbons (Fsp3) is 0.0769. The van der Waals surface area contributed by atoms with Crippen LogP contribution in [0.5, 0.6) is 0 Å². The van der Waals surface area contributed by atoms with Gasteiger partial charge < -0.3 is 5.32 Å². The first-order valence-electron chi connectivity index (χ1n) is 5.76. The first kappa shape index (κ1) is 12.3. The number of benzene rings is 1. The van der Waals surface area contributed by atoms with Gasteiger partial charge in [-0.2, -0.15) is 16.3 Å². The molecule has 0 fully saturated rings. The van der Waals surface area contributed by atoms with Gasteiger partial charge in [0, 0.05) is 16.0 Å². The summed E-state index contributed by atoms with van der Waals surface area (Å²) in [6, 6.07) is 10.2. The molecular weight excluding hydrogens is 276 g/mol. The molecule has 0 spiro atoms. The van der Waals surface area contributed by atoms with Gasteiger partial charge in [0.1, 0.15) is 0 Å². The number of anilines is 2. The van der Waals surface area contributed by atoms with Crippen LogP contribution in [0.25, 0.3) is 0 Å². The van der Waals surface area contributed by atoms with Crippen LogP contribution in [0.3, 0.4) is 0 Å². The van der Waals surface area contributed by atoms with E-state index in [1.54, 1.807) is 23.1 Å². The molecule has 1 aromatic carbocycles. The highest BCUT2D eigenvalue weighted by Gasteiger charge is 2.05. The summed E-state index contributed by atoms with van der Waals surface area (Å²) in [5, 5.41) is 15.1. The van der Waals surface area contributed by atoms with Gasteiger partial charge in [0.15, 0.2) is 0 Å². The van der Waals surface area contributed by atoms with Crippen molar-refractivity contribution >= 4 is 34.7 Å². The third-order valence-electron chi connectivity index (χ3n) is 2.48. The van der Waals surface area contributed by atoms with E-state index in [9.17, 15) is 0 Å². The highest BCUT2D eigenvalue weighted by atomic mass is 32.2. The van der Waals surface area contributed by atoms with Gasteiger partial charge in [-0.3, -0.25) is 0 Å². The molecule has 2 aromatic heterocycles. The molecular formula is C13H12N4S2. The zero-order valence-corrected chi connectivity index (χ0v) is 11.9. The summed E-state index contributed by atoms with van der Waals surface area (Å²) < 4.78 is 0. The van der Waals surface area contributed by atoms with Crippen LogP contribution in [0.1, 0.15) is 5.56 Å². The minimum atomic E-state index is 0.654. The number of aromatic amines is 1. The molecule has 96 valence electrons. The van der Waals surface area contributed by atoms with Crippen LogP contribution in [0.2, 0.25) is 0 Å². The Morgan fingerprint density at radius 3 is 2.79 bits per heavy atom. The molecule has 19 heavy (non-hydrogen) atoms. The summed E-state index contributed by atoms with van der Waals surface area (Å²) in [4.78, 5) is 5.55. The van der Waals surface area contributed by atoms with E-state index in [1.165, 1.54) is 5.56 Å². The molecule has 0 aliphatic rings. The fourth-order valence-corrected chi connectivity index (χ4v) is 3.07. The number of aromatic nitrogens is 3. The second-order valence-electron chi connectivity index (χ2n) is 4.02. The lowest BCUT2D eigenvalue weighted by Gasteiger charge is -2.01. The molecule has 0 saturated heterocycles. The first-order chi connectivity index (χ1) is 9.29. The average Bonchev–Trinajstić information content (AvgIpc) is 3.05.